The molecular weight excluding hydrogens is 449 g/mol. The van der Waals surface area contributed by atoms with Gasteiger partial charge in [-0.05, 0) is 19.9 Å². The summed E-state index contributed by atoms with van der Waals surface area (Å²) in [6.45, 7) is 4.48. The Morgan fingerprint density at radius 3 is 2.08 bits per heavy atom. The van der Waals surface area contributed by atoms with Crippen LogP contribution >= 0.6 is 24.0 Å². The third-order valence-corrected chi connectivity index (χ3v) is 3.74. The van der Waals surface area contributed by atoms with Crippen molar-refractivity contribution in [2.75, 3.05) is 33.7 Å². The summed E-state index contributed by atoms with van der Waals surface area (Å²) in [5, 5.41) is 6.48. The minimum atomic E-state index is 0. The molecule has 0 spiro atoms. The van der Waals surface area contributed by atoms with Crippen molar-refractivity contribution in [3.05, 3.63) is 35.3 Å². The van der Waals surface area contributed by atoms with Crippen LogP contribution in [0.3, 0.4) is 0 Å². The van der Waals surface area contributed by atoms with Gasteiger partial charge in [-0.3, -0.25) is 4.99 Å². The normalized spacial score (nSPS) is 10.8. The fraction of sp³-hybridized carbons (Fsp3) is 0.389. The van der Waals surface area contributed by atoms with Crippen molar-refractivity contribution in [2.24, 2.45) is 4.99 Å². The highest BCUT2D eigenvalue weighted by molar-refractivity contribution is 14.0. The molecule has 7 nitrogen and oxygen atoms in total. The van der Waals surface area contributed by atoms with Gasteiger partial charge in [0.15, 0.2) is 17.5 Å². The van der Waals surface area contributed by atoms with Gasteiger partial charge in [-0.1, -0.05) is 0 Å². The number of hydrogen-bond donors (Lipinski definition) is 2. The summed E-state index contributed by atoms with van der Waals surface area (Å²) < 4.78 is 21.6. The van der Waals surface area contributed by atoms with Crippen molar-refractivity contribution in [1.29, 1.82) is 0 Å². The summed E-state index contributed by atoms with van der Waals surface area (Å²) in [5.41, 5.74) is 1.85. The van der Waals surface area contributed by atoms with Gasteiger partial charge in [-0.2, -0.15) is 0 Å². The Bertz CT molecular complexity index is 734. The van der Waals surface area contributed by atoms with E-state index in [9.17, 15) is 0 Å². The predicted octanol–water partition coefficient (Wildman–Crippen LogP) is 3.73. The molecule has 0 bridgehead atoms. The number of anilines is 1. The van der Waals surface area contributed by atoms with Crippen LogP contribution in [0.4, 0.5) is 5.69 Å². The molecule has 1 aromatic carbocycles. The van der Waals surface area contributed by atoms with Crippen molar-refractivity contribution in [3.63, 3.8) is 0 Å². The quantitative estimate of drug-likeness (QED) is 0.377. The lowest BCUT2D eigenvalue weighted by molar-refractivity contribution is 0.324. The van der Waals surface area contributed by atoms with Gasteiger partial charge < -0.3 is 29.3 Å². The lowest BCUT2D eigenvalue weighted by Gasteiger charge is -2.16. The number of ether oxygens (including phenoxy) is 3. The SMILES string of the molecule is CN=C(NCc1cc(C)oc1C)Nc1cc(OC)c(OC)c(OC)c1.I. The summed E-state index contributed by atoms with van der Waals surface area (Å²) >= 11 is 0. The molecule has 26 heavy (non-hydrogen) atoms. The van der Waals surface area contributed by atoms with Crippen molar-refractivity contribution in [1.82, 2.24) is 5.32 Å². The van der Waals surface area contributed by atoms with Gasteiger partial charge in [0, 0.05) is 37.0 Å². The van der Waals surface area contributed by atoms with Crippen molar-refractivity contribution in [3.8, 4) is 17.2 Å². The van der Waals surface area contributed by atoms with E-state index in [1.807, 2.05) is 32.0 Å². The minimum Gasteiger partial charge on any atom is -0.493 e. The average Bonchev–Trinajstić information content (AvgIpc) is 2.94. The first-order valence-corrected chi connectivity index (χ1v) is 7.86. The minimum absolute atomic E-state index is 0. The van der Waals surface area contributed by atoms with Crippen molar-refractivity contribution < 1.29 is 18.6 Å². The Labute approximate surface area is 171 Å². The molecule has 144 valence electrons. The van der Waals surface area contributed by atoms with Crippen LogP contribution in [0.2, 0.25) is 0 Å². The zero-order valence-electron chi connectivity index (χ0n) is 15.9. The highest BCUT2D eigenvalue weighted by atomic mass is 127. The van der Waals surface area contributed by atoms with Crippen LogP contribution in [0.25, 0.3) is 0 Å². The molecule has 0 radical (unpaired) electrons. The molecule has 0 atom stereocenters. The van der Waals surface area contributed by atoms with Crippen LogP contribution in [0, 0.1) is 13.8 Å². The van der Waals surface area contributed by atoms with E-state index in [1.54, 1.807) is 28.4 Å². The Morgan fingerprint density at radius 1 is 1.04 bits per heavy atom. The van der Waals surface area contributed by atoms with Gasteiger partial charge in [-0.15, -0.1) is 24.0 Å². The third kappa shape index (κ3) is 5.20. The molecule has 0 aliphatic heterocycles. The first-order chi connectivity index (χ1) is 12.0. The Balaban J connectivity index is 0.00000338. The maximum absolute atomic E-state index is 5.54. The van der Waals surface area contributed by atoms with Gasteiger partial charge in [-0.25, -0.2) is 0 Å². The fourth-order valence-corrected chi connectivity index (χ4v) is 2.51. The molecule has 0 fully saturated rings. The Hall–Kier alpha value is -2.10. The van der Waals surface area contributed by atoms with Crippen molar-refractivity contribution in [2.45, 2.75) is 20.4 Å². The van der Waals surface area contributed by atoms with Crippen LogP contribution in [-0.4, -0.2) is 34.3 Å². The van der Waals surface area contributed by atoms with E-state index >= 15 is 0 Å². The second kappa shape index (κ2) is 10.1. The second-order valence-electron chi connectivity index (χ2n) is 5.40. The van der Waals surface area contributed by atoms with Gasteiger partial charge in [0.05, 0.1) is 21.3 Å². The first-order valence-electron chi connectivity index (χ1n) is 7.86. The van der Waals surface area contributed by atoms with E-state index < -0.39 is 0 Å². The van der Waals surface area contributed by atoms with Gasteiger partial charge in [0.25, 0.3) is 0 Å². The number of halogens is 1. The molecule has 2 aromatic rings. The fourth-order valence-electron chi connectivity index (χ4n) is 2.51. The van der Waals surface area contributed by atoms with Crippen LogP contribution in [-0.2, 0) is 6.54 Å². The van der Waals surface area contributed by atoms with Crippen LogP contribution in [0.15, 0.2) is 27.6 Å². The number of rotatable bonds is 6. The number of nitrogens with one attached hydrogen (secondary N) is 2. The molecule has 1 heterocycles. The van der Waals surface area contributed by atoms with Gasteiger partial charge >= 0.3 is 0 Å². The monoisotopic (exact) mass is 475 g/mol. The summed E-state index contributed by atoms with van der Waals surface area (Å²) in [5.74, 6) is 4.09. The van der Waals surface area contributed by atoms with E-state index in [4.69, 9.17) is 18.6 Å². The third-order valence-electron chi connectivity index (χ3n) is 3.74. The number of furan rings is 1. The zero-order valence-corrected chi connectivity index (χ0v) is 18.3. The number of aliphatic imine (C=N–C) groups is 1. The summed E-state index contributed by atoms with van der Waals surface area (Å²) in [4.78, 5) is 4.24. The number of methoxy groups -OCH3 is 3. The molecule has 1 aromatic heterocycles. The second-order valence-corrected chi connectivity index (χ2v) is 5.40. The molecule has 0 amide bonds. The van der Waals surface area contributed by atoms with E-state index in [1.165, 1.54) is 0 Å². The standard InChI is InChI=1S/C18H25N3O4.HI/c1-11-7-13(12(2)25-11)10-20-18(19-3)21-14-8-15(22-4)17(24-6)16(9-14)23-5;/h7-9H,10H2,1-6H3,(H2,19,20,21);1H. The summed E-state index contributed by atoms with van der Waals surface area (Å²) in [7, 11) is 6.44. The van der Waals surface area contributed by atoms with E-state index in [0.717, 1.165) is 22.8 Å². The molecule has 0 aliphatic carbocycles. The van der Waals surface area contributed by atoms with E-state index in [-0.39, 0.29) is 24.0 Å². The Kier molecular flexibility index (Phi) is 8.56. The summed E-state index contributed by atoms with van der Waals surface area (Å²) in [6, 6.07) is 5.65. The molecule has 0 saturated heterocycles. The first kappa shape index (κ1) is 21.9. The largest absolute Gasteiger partial charge is 0.493 e. The molecular formula is C18H26IN3O4. The lowest BCUT2D eigenvalue weighted by atomic mass is 10.2. The maximum Gasteiger partial charge on any atom is 0.203 e. The highest BCUT2D eigenvalue weighted by Gasteiger charge is 2.14. The van der Waals surface area contributed by atoms with Crippen LogP contribution in [0.5, 0.6) is 17.2 Å². The molecule has 0 aliphatic rings. The number of nitrogens with zero attached hydrogens (tertiary/aromatic N) is 1. The van der Waals surface area contributed by atoms with Crippen molar-refractivity contribution >= 4 is 35.6 Å². The predicted molar refractivity (Wildman–Crippen MR) is 114 cm³/mol. The van der Waals surface area contributed by atoms with Crippen LogP contribution < -0.4 is 24.8 Å². The van der Waals surface area contributed by atoms with Crippen LogP contribution in [0.1, 0.15) is 17.1 Å². The van der Waals surface area contributed by atoms with E-state index in [0.29, 0.717) is 29.8 Å². The van der Waals surface area contributed by atoms with E-state index in [2.05, 4.69) is 15.6 Å². The smallest absolute Gasteiger partial charge is 0.203 e. The molecule has 0 saturated carbocycles. The molecule has 2 N–H and O–H groups in total. The highest BCUT2D eigenvalue weighted by Crippen LogP contribution is 2.39. The summed E-state index contributed by atoms with van der Waals surface area (Å²) in [6.07, 6.45) is 0. The zero-order chi connectivity index (χ0) is 18.4. The molecule has 8 heteroatoms. The molecule has 0 unspecified atom stereocenters. The topological polar surface area (TPSA) is 77.3 Å². The number of hydrogen-bond acceptors (Lipinski definition) is 5. The number of aryl methyl sites for hydroxylation is 2. The average molecular weight is 475 g/mol. The lowest BCUT2D eigenvalue weighted by Crippen LogP contribution is -2.30. The Morgan fingerprint density at radius 2 is 1.65 bits per heavy atom. The van der Waals surface area contributed by atoms with Gasteiger partial charge in [0.1, 0.15) is 11.5 Å². The number of guanidine groups is 1. The van der Waals surface area contributed by atoms with Gasteiger partial charge in [0.2, 0.25) is 5.75 Å². The number of benzene rings is 1. The maximum atomic E-state index is 5.54. The molecule has 2 rings (SSSR count).